The van der Waals surface area contributed by atoms with Gasteiger partial charge in [0, 0.05) is 0 Å². The summed E-state index contributed by atoms with van der Waals surface area (Å²) in [4.78, 5) is 0. The van der Waals surface area contributed by atoms with Gasteiger partial charge in [-0.15, -0.1) is 0 Å². The molecule has 0 heterocycles. The summed E-state index contributed by atoms with van der Waals surface area (Å²) in [5.74, 6) is 0. The number of halogens is 1. The smallest absolute Gasteiger partial charge is 0.399 e. The molecule has 0 aliphatic rings. The molecular formula is C4H6ClLi. The van der Waals surface area contributed by atoms with Gasteiger partial charge in [0.25, 0.3) is 0 Å². The normalized spacial score (nSPS) is 5.83. The second-order valence-electron chi connectivity index (χ2n) is 1.09. The fraction of sp³-hybridized carbons (Fsp3) is 0.500. The Morgan fingerprint density at radius 3 is 1.67 bits per heavy atom. The van der Waals surface area contributed by atoms with Crippen LogP contribution in [0.5, 0.6) is 0 Å². The summed E-state index contributed by atoms with van der Waals surface area (Å²) >= 11 is 5.05. The Balaban J connectivity index is 0. The Labute approximate surface area is 55.7 Å². The van der Waals surface area contributed by atoms with Crippen LogP contribution in [0.4, 0.5) is 0 Å². The zero-order valence-electron chi connectivity index (χ0n) is 4.38. The van der Waals surface area contributed by atoms with Crippen LogP contribution < -0.4 is 18.9 Å². The second-order valence-corrected chi connectivity index (χ2v) is 1.28. The molecule has 0 fully saturated rings. The van der Waals surface area contributed by atoms with E-state index < -0.39 is 0 Å². The quantitative estimate of drug-likeness (QED) is 0.267. The molecule has 30 valence electrons. The summed E-state index contributed by atoms with van der Waals surface area (Å²) < 4.78 is 0. The molecule has 0 bridgehead atoms. The SMILES string of the molecule is CC(C)=[C-]Cl.[Li+]. The van der Waals surface area contributed by atoms with Crippen LogP contribution in [0, 0.1) is 5.54 Å². The Kier molecular flexibility index (Phi) is 9.19. The molecule has 0 radical (unpaired) electrons. The molecule has 2 heteroatoms. The Morgan fingerprint density at radius 1 is 1.50 bits per heavy atom. The molecule has 0 amide bonds. The van der Waals surface area contributed by atoms with Gasteiger partial charge in [0.2, 0.25) is 0 Å². The maximum absolute atomic E-state index is 5.05. The van der Waals surface area contributed by atoms with Gasteiger partial charge in [-0.1, -0.05) is 13.8 Å². The van der Waals surface area contributed by atoms with Gasteiger partial charge in [-0.3, -0.25) is 0 Å². The summed E-state index contributed by atoms with van der Waals surface area (Å²) in [5.41, 5.74) is 3.44. The molecule has 0 spiro atoms. The minimum atomic E-state index is 0. The first-order valence-electron chi connectivity index (χ1n) is 1.44. The van der Waals surface area contributed by atoms with E-state index in [9.17, 15) is 0 Å². The van der Waals surface area contributed by atoms with Gasteiger partial charge in [-0.05, 0) is 0 Å². The average molecular weight is 96.5 g/mol. The molecule has 0 unspecified atom stereocenters. The van der Waals surface area contributed by atoms with Crippen LogP contribution in [0.25, 0.3) is 0 Å². The molecular weight excluding hydrogens is 90.4 g/mol. The van der Waals surface area contributed by atoms with Crippen molar-refractivity contribution in [3.63, 3.8) is 0 Å². The summed E-state index contributed by atoms with van der Waals surface area (Å²) in [5, 5.41) is 0. The van der Waals surface area contributed by atoms with Crippen molar-refractivity contribution in [1.29, 1.82) is 0 Å². The first kappa shape index (κ1) is 9.80. The fourth-order valence-electron chi connectivity index (χ4n) is 0. The summed E-state index contributed by atoms with van der Waals surface area (Å²) in [6, 6.07) is 0. The van der Waals surface area contributed by atoms with Crippen LogP contribution in [0.2, 0.25) is 0 Å². The zero-order valence-corrected chi connectivity index (χ0v) is 5.13. The van der Waals surface area contributed by atoms with Crippen LogP contribution in [-0.2, 0) is 0 Å². The summed E-state index contributed by atoms with van der Waals surface area (Å²) in [7, 11) is 0. The van der Waals surface area contributed by atoms with E-state index in [0.717, 1.165) is 5.57 Å². The minimum Gasteiger partial charge on any atom is -0.399 e. The van der Waals surface area contributed by atoms with Crippen molar-refractivity contribution in [3.05, 3.63) is 11.1 Å². The van der Waals surface area contributed by atoms with Gasteiger partial charge in [0.1, 0.15) is 0 Å². The van der Waals surface area contributed by atoms with Gasteiger partial charge < -0.3 is 17.1 Å². The molecule has 0 atom stereocenters. The maximum Gasteiger partial charge on any atom is 1.00 e. The van der Waals surface area contributed by atoms with Crippen LogP contribution >= 0.6 is 11.6 Å². The van der Waals surface area contributed by atoms with Crippen LogP contribution in [0.1, 0.15) is 13.8 Å². The van der Waals surface area contributed by atoms with E-state index in [1.807, 2.05) is 13.8 Å². The Morgan fingerprint density at radius 2 is 1.67 bits per heavy atom. The third-order valence-corrected chi connectivity index (χ3v) is 0.567. The zero-order chi connectivity index (χ0) is 4.28. The molecule has 0 N–H and O–H groups in total. The molecule has 0 aliphatic heterocycles. The van der Waals surface area contributed by atoms with Crippen LogP contribution in [-0.4, -0.2) is 0 Å². The molecule has 0 saturated heterocycles. The molecule has 0 saturated carbocycles. The molecule has 0 aliphatic carbocycles. The van der Waals surface area contributed by atoms with Crippen molar-refractivity contribution in [2.75, 3.05) is 0 Å². The maximum atomic E-state index is 5.05. The van der Waals surface area contributed by atoms with E-state index in [1.54, 1.807) is 0 Å². The number of allylic oxidation sites excluding steroid dienone is 1. The molecule has 0 aromatic rings. The van der Waals surface area contributed by atoms with E-state index in [4.69, 9.17) is 11.6 Å². The van der Waals surface area contributed by atoms with Gasteiger partial charge in [0.05, 0.1) is 0 Å². The fourth-order valence-corrected chi connectivity index (χ4v) is 0. The van der Waals surface area contributed by atoms with Gasteiger partial charge in [0.15, 0.2) is 0 Å². The van der Waals surface area contributed by atoms with E-state index in [1.165, 1.54) is 0 Å². The van der Waals surface area contributed by atoms with Gasteiger partial charge in [-0.25, -0.2) is 5.57 Å². The van der Waals surface area contributed by atoms with Gasteiger partial charge >= 0.3 is 18.9 Å². The molecule has 0 aromatic heterocycles. The Bertz CT molecular complexity index is 45.5. The van der Waals surface area contributed by atoms with Crippen molar-refractivity contribution in [2.24, 2.45) is 0 Å². The van der Waals surface area contributed by atoms with Crippen molar-refractivity contribution in [2.45, 2.75) is 13.8 Å². The Hall–Kier alpha value is 0.627. The summed E-state index contributed by atoms with van der Waals surface area (Å²) in [6.07, 6.45) is 0. The molecule has 0 aromatic carbocycles. The predicted octanol–water partition coefficient (Wildman–Crippen LogP) is -1.04. The summed E-state index contributed by atoms with van der Waals surface area (Å²) in [6.45, 7) is 3.79. The van der Waals surface area contributed by atoms with Crippen LogP contribution in [0.15, 0.2) is 5.57 Å². The molecule has 0 rings (SSSR count). The van der Waals surface area contributed by atoms with Crippen molar-refractivity contribution >= 4 is 11.6 Å². The third-order valence-electron chi connectivity index (χ3n) is 0.189. The first-order chi connectivity index (χ1) is 2.27. The largest absolute Gasteiger partial charge is 1.00 e. The predicted molar refractivity (Wildman–Crippen MR) is 24.0 cm³/mol. The van der Waals surface area contributed by atoms with Crippen LogP contribution in [0.3, 0.4) is 0 Å². The van der Waals surface area contributed by atoms with E-state index in [2.05, 4.69) is 5.54 Å². The van der Waals surface area contributed by atoms with E-state index in [0.29, 0.717) is 0 Å². The van der Waals surface area contributed by atoms with Crippen molar-refractivity contribution in [1.82, 2.24) is 0 Å². The minimum absolute atomic E-state index is 0. The van der Waals surface area contributed by atoms with Crippen molar-refractivity contribution < 1.29 is 18.9 Å². The van der Waals surface area contributed by atoms with E-state index >= 15 is 0 Å². The van der Waals surface area contributed by atoms with Gasteiger partial charge in [-0.2, -0.15) is 0 Å². The second kappa shape index (κ2) is 5.63. The first-order valence-corrected chi connectivity index (χ1v) is 1.82. The van der Waals surface area contributed by atoms with E-state index in [-0.39, 0.29) is 18.9 Å². The standard InChI is InChI=1S/C4H6Cl.Li/c1-4(2)3-5;/h1-2H3;/q-1;+1. The topological polar surface area (TPSA) is 0 Å². The number of hydrogen-bond donors (Lipinski definition) is 0. The average Bonchev–Trinajstić information content (AvgIpc) is 1.38. The third kappa shape index (κ3) is 8.82. The monoisotopic (exact) mass is 96.0 g/mol. The molecule has 6 heavy (non-hydrogen) atoms. The molecule has 0 nitrogen and oxygen atoms in total. The van der Waals surface area contributed by atoms with Crippen molar-refractivity contribution in [3.8, 4) is 0 Å². The number of hydrogen-bond acceptors (Lipinski definition) is 0. The number of rotatable bonds is 0.